The van der Waals surface area contributed by atoms with Crippen molar-refractivity contribution in [2.75, 3.05) is 32.8 Å². The van der Waals surface area contributed by atoms with Gasteiger partial charge in [-0.3, -0.25) is 9.59 Å². The van der Waals surface area contributed by atoms with Crippen molar-refractivity contribution in [3.8, 4) is 0 Å². The second-order valence-corrected chi connectivity index (χ2v) is 6.54. The molecular weight excluding hydrogens is 326 g/mol. The Bertz CT molecular complexity index is 441. The Morgan fingerprint density at radius 3 is 2.58 bits per heavy atom. The summed E-state index contributed by atoms with van der Waals surface area (Å²) in [5.74, 6) is -0.0145. The van der Waals surface area contributed by atoms with E-state index in [2.05, 4.69) is 5.32 Å². The Morgan fingerprint density at radius 1 is 1.33 bits per heavy atom. The molecule has 1 amide bonds. The fraction of sp³-hybridized carbons (Fsp3) is 0.824. The molecule has 0 saturated carbocycles. The first-order valence-electron chi connectivity index (χ1n) is 8.92. The van der Waals surface area contributed by atoms with Crippen LogP contribution in [0.4, 0.5) is 0 Å². The van der Waals surface area contributed by atoms with Crippen LogP contribution in [-0.4, -0.2) is 65.6 Å². The van der Waals surface area contributed by atoms with Crippen LogP contribution in [0.2, 0.25) is 0 Å². The highest BCUT2D eigenvalue weighted by Gasteiger charge is 2.29. The van der Waals surface area contributed by atoms with Crippen molar-refractivity contribution in [1.82, 2.24) is 15.1 Å². The molecule has 0 spiro atoms. The highest BCUT2D eigenvalue weighted by Crippen LogP contribution is 2.19. The first-order chi connectivity index (χ1) is 11.4. The number of piperidine rings is 1. The van der Waals surface area contributed by atoms with Crippen molar-refractivity contribution < 1.29 is 14.3 Å². The van der Waals surface area contributed by atoms with E-state index in [4.69, 9.17) is 17.0 Å². The first-order valence-corrected chi connectivity index (χ1v) is 9.33. The van der Waals surface area contributed by atoms with E-state index in [-0.39, 0.29) is 30.3 Å². The van der Waals surface area contributed by atoms with Crippen molar-refractivity contribution in [2.24, 2.45) is 5.92 Å². The van der Waals surface area contributed by atoms with Crippen LogP contribution in [0, 0.1) is 5.92 Å². The summed E-state index contributed by atoms with van der Waals surface area (Å²) < 4.78 is 4.95. The zero-order valence-corrected chi connectivity index (χ0v) is 16.2. The number of rotatable bonds is 7. The lowest BCUT2D eigenvalue weighted by Gasteiger charge is -2.36. The van der Waals surface area contributed by atoms with Crippen LogP contribution >= 0.6 is 12.2 Å². The van der Waals surface area contributed by atoms with Crippen LogP contribution in [0.1, 0.15) is 47.0 Å². The largest absolute Gasteiger partial charge is 0.466 e. The molecule has 1 heterocycles. The molecule has 0 bridgehead atoms. The van der Waals surface area contributed by atoms with Gasteiger partial charge in [-0.1, -0.05) is 0 Å². The van der Waals surface area contributed by atoms with Crippen LogP contribution in [-0.2, 0) is 14.3 Å². The van der Waals surface area contributed by atoms with Crippen LogP contribution < -0.4 is 5.32 Å². The molecule has 0 aromatic rings. The summed E-state index contributed by atoms with van der Waals surface area (Å²) in [6.07, 6.45) is 2.14. The molecule has 6 nitrogen and oxygen atoms in total. The Hall–Kier alpha value is -1.37. The van der Waals surface area contributed by atoms with Crippen LogP contribution in [0.5, 0.6) is 0 Å². The summed E-state index contributed by atoms with van der Waals surface area (Å²) in [5, 5.41) is 3.80. The lowest BCUT2D eigenvalue weighted by Crippen LogP contribution is -2.51. The van der Waals surface area contributed by atoms with E-state index in [9.17, 15) is 9.59 Å². The highest BCUT2D eigenvalue weighted by atomic mass is 32.1. The molecule has 1 fully saturated rings. The van der Waals surface area contributed by atoms with E-state index < -0.39 is 0 Å². The monoisotopic (exact) mass is 357 g/mol. The number of ether oxygens (including phenoxy) is 1. The van der Waals surface area contributed by atoms with Gasteiger partial charge in [0.15, 0.2) is 5.11 Å². The number of likely N-dealkylation sites (tertiary alicyclic amines) is 1. The molecule has 0 aromatic heterocycles. The normalized spacial score (nSPS) is 18.7. The predicted molar refractivity (Wildman–Crippen MR) is 98.7 cm³/mol. The van der Waals surface area contributed by atoms with Gasteiger partial charge in [0.2, 0.25) is 5.91 Å². The summed E-state index contributed by atoms with van der Waals surface area (Å²) in [5.41, 5.74) is 0. The smallest absolute Gasteiger partial charge is 0.307 e. The minimum atomic E-state index is -0.228. The van der Waals surface area contributed by atoms with Crippen LogP contribution in [0.3, 0.4) is 0 Å². The van der Waals surface area contributed by atoms with E-state index in [0.29, 0.717) is 18.3 Å². The van der Waals surface area contributed by atoms with Crippen molar-refractivity contribution in [3.05, 3.63) is 0 Å². The van der Waals surface area contributed by atoms with Gasteiger partial charge in [0.25, 0.3) is 0 Å². The van der Waals surface area contributed by atoms with Gasteiger partial charge in [0.05, 0.1) is 18.9 Å². The van der Waals surface area contributed by atoms with E-state index in [1.54, 1.807) is 6.92 Å². The minimum Gasteiger partial charge on any atom is -0.466 e. The summed E-state index contributed by atoms with van der Waals surface area (Å²) in [6, 6.07) is -0.0876. The summed E-state index contributed by atoms with van der Waals surface area (Å²) in [6.45, 7) is 11.1. The summed E-state index contributed by atoms with van der Waals surface area (Å²) in [4.78, 5) is 28.0. The average molecular weight is 358 g/mol. The zero-order chi connectivity index (χ0) is 18.1. The Morgan fingerprint density at radius 2 is 2.00 bits per heavy atom. The minimum absolute atomic E-state index is 0.00115. The zero-order valence-electron chi connectivity index (χ0n) is 15.3. The lowest BCUT2D eigenvalue weighted by molar-refractivity contribution is -0.143. The number of nitrogens with zero attached hydrogens (tertiary/aromatic N) is 2. The summed E-state index contributed by atoms with van der Waals surface area (Å²) in [7, 11) is 0. The quantitative estimate of drug-likeness (QED) is 0.554. The molecule has 1 rings (SSSR count). The number of esters is 1. The van der Waals surface area contributed by atoms with Gasteiger partial charge in [-0.2, -0.15) is 0 Å². The molecule has 1 N–H and O–H groups in total. The topological polar surface area (TPSA) is 61.9 Å². The molecule has 2 atom stereocenters. The Labute approximate surface area is 150 Å². The molecule has 24 heavy (non-hydrogen) atoms. The average Bonchev–Trinajstić information content (AvgIpc) is 2.55. The van der Waals surface area contributed by atoms with Gasteiger partial charge >= 0.3 is 5.97 Å². The van der Waals surface area contributed by atoms with Gasteiger partial charge in [-0.05, 0) is 52.8 Å². The molecule has 138 valence electrons. The SMILES string of the molecule is CCOC(=O)CC(C)NC(=S)N1CCCC(C(=O)N(CC)CC)C1. The number of hydrogen-bond acceptors (Lipinski definition) is 4. The van der Waals surface area contributed by atoms with Gasteiger partial charge in [-0.25, -0.2) is 0 Å². The third-order valence-electron chi connectivity index (χ3n) is 4.28. The predicted octanol–water partition coefficient (Wildman–Crippen LogP) is 1.78. The molecule has 7 heteroatoms. The fourth-order valence-electron chi connectivity index (χ4n) is 2.98. The van der Waals surface area contributed by atoms with Crippen molar-refractivity contribution >= 4 is 29.2 Å². The lowest BCUT2D eigenvalue weighted by atomic mass is 9.96. The van der Waals surface area contributed by atoms with Crippen molar-refractivity contribution in [1.29, 1.82) is 0 Å². The van der Waals surface area contributed by atoms with Crippen molar-refractivity contribution in [3.63, 3.8) is 0 Å². The van der Waals surface area contributed by atoms with Gasteiger partial charge in [0, 0.05) is 32.2 Å². The summed E-state index contributed by atoms with van der Waals surface area (Å²) >= 11 is 5.47. The van der Waals surface area contributed by atoms with Crippen LogP contribution in [0.15, 0.2) is 0 Å². The van der Waals surface area contributed by atoms with E-state index in [1.165, 1.54) is 0 Å². The Balaban J connectivity index is 2.52. The molecule has 0 aromatic carbocycles. The fourth-order valence-corrected chi connectivity index (χ4v) is 3.35. The van der Waals surface area contributed by atoms with E-state index in [0.717, 1.165) is 32.5 Å². The molecule has 0 aliphatic carbocycles. The molecule has 1 aliphatic rings. The molecule has 0 radical (unpaired) electrons. The number of carbonyl (C=O) groups is 2. The molecule has 1 saturated heterocycles. The number of amides is 1. The maximum atomic E-state index is 12.5. The number of carbonyl (C=O) groups excluding carboxylic acids is 2. The maximum Gasteiger partial charge on any atom is 0.307 e. The third-order valence-corrected chi connectivity index (χ3v) is 4.66. The Kier molecular flexibility index (Phi) is 9.03. The standard InChI is InChI=1S/C17H31N3O3S/c1-5-19(6-2)16(22)14-9-8-10-20(12-14)17(24)18-13(4)11-15(21)23-7-3/h13-14H,5-12H2,1-4H3,(H,18,24). The second-order valence-electron chi connectivity index (χ2n) is 6.16. The van der Waals surface area contributed by atoms with E-state index >= 15 is 0 Å². The number of nitrogens with one attached hydrogen (secondary N) is 1. The number of hydrogen-bond donors (Lipinski definition) is 1. The van der Waals surface area contributed by atoms with Gasteiger partial charge in [0.1, 0.15) is 0 Å². The molecular formula is C17H31N3O3S. The van der Waals surface area contributed by atoms with Gasteiger partial charge < -0.3 is 19.9 Å². The number of thiocarbonyl (C=S) groups is 1. The first kappa shape index (κ1) is 20.7. The van der Waals surface area contributed by atoms with Crippen molar-refractivity contribution in [2.45, 2.75) is 53.0 Å². The highest BCUT2D eigenvalue weighted by molar-refractivity contribution is 7.80. The third kappa shape index (κ3) is 6.26. The van der Waals surface area contributed by atoms with Gasteiger partial charge in [-0.15, -0.1) is 0 Å². The maximum absolute atomic E-state index is 12.5. The second kappa shape index (κ2) is 10.5. The van der Waals surface area contributed by atoms with E-state index in [1.807, 2.05) is 30.6 Å². The molecule has 2 unspecified atom stereocenters. The van der Waals surface area contributed by atoms with Crippen LogP contribution in [0.25, 0.3) is 0 Å². The molecule has 1 aliphatic heterocycles.